The van der Waals surface area contributed by atoms with E-state index in [9.17, 15) is 0 Å². The van der Waals surface area contributed by atoms with Gasteiger partial charge in [-0.3, -0.25) is 0 Å². The van der Waals surface area contributed by atoms with Gasteiger partial charge in [0, 0.05) is 0 Å². The van der Waals surface area contributed by atoms with Crippen molar-refractivity contribution < 1.29 is 24.3 Å². The van der Waals surface area contributed by atoms with E-state index in [0.717, 1.165) is 0 Å². The summed E-state index contributed by atoms with van der Waals surface area (Å²) in [5.41, 5.74) is 0. The number of nitrogens with zero attached hydrogens (tertiary/aromatic N) is 1. The maximum absolute atomic E-state index is 2.29. The van der Waals surface area contributed by atoms with E-state index in [1.54, 1.807) is 0 Å². The Morgan fingerprint density at radius 1 is 1.08 bits per heavy atom. The first-order valence-electron chi connectivity index (χ1n) is 3.80. The molecule has 1 nitrogen and oxygen atoms in total. The molecule has 1 aromatic carbocycles. The minimum absolute atomic E-state index is 0.151. The Morgan fingerprint density at radius 2 is 1.83 bits per heavy atom. The number of rotatable bonds is 1. The molecule has 2 heteroatoms. The number of hydrogen-bond donors (Lipinski definition) is 0. The van der Waals surface area contributed by atoms with Crippen LogP contribution in [0.2, 0.25) is 0 Å². The number of pyridine rings is 1. The Bertz CT molecular complexity index is 398. The molecule has 0 aliphatic rings. The van der Waals surface area contributed by atoms with E-state index in [1.165, 1.54) is 10.8 Å². The summed E-state index contributed by atoms with van der Waals surface area (Å²) < 4.78 is 2.29. The topological polar surface area (TPSA) is 3.88 Å². The van der Waals surface area contributed by atoms with Crippen LogP contribution in [0.25, 0.3) is 10.8 Å². The number of alkyl halides is 1. The van der Waals surface area contributed by atoms with Gasteiger partial charge in [-0.2, -0.15) is 0 Å². The predicted octanol–water partition coefficient (Wildman–Crippen LogP) is -1.39. The first kappa shape index (κ1) is 7.98. The second-order valence-corrected chi connectivity index (χ2v) is 4.67. The summed E-state index contributed by atoms with van der Waals surface area (Å²) in [7, 11) is 0. The molecule has 2 aromatic rings. The molecule has 0 atom stereocenters. The summed E-state index contributed by atoms with van der Waals surface area (Å²) >= 11 is 0.151. The van der Waals surface area contributed by atoms with Crippen molar-refractivity contribution >= 4 is 10.8 Å². The Labute approximate surface area is 82.6 Å². The third-order valence-electron chi connectivity index (χ3n) is 1.85. The van der Waals surface area contributed by atoms with Crippen LogP contribution in [-0.4, -0.2) is 4.93 Å². The minimum atomic E-state index is 0.151. The van der Waals surface area contributed by atoms with E-state index in [2.05, 4.69) is 50.4 Å². The van der Waals surface area contributed by atoms with Crippen molar-refractivity contribution in [2.45, 2.75) is 0 Å². The first-order chi connectivity index (χ1) is 5.90. The van der Waals surface area contributed by atoms with Crippen molar-refractivity contribution in [3.63, 3.8) is 0 Å². The van der Waals surface area contributed by atoms with Crippen LogP contribution in [0, 0.1) is 0 Å². The van der Waals surface area contributed by atoms with Crippen molar-refractivity contribution in [1.82, 2.24) is 0 Å². The molecule has 0 aliphatic heterocycles. The summed E-state index contributed by atoms with van der Waals surface area (Å²) in [6.07, 6.45) is 4.39. The van der Waals surface area contributed by atoms with Crippen molar-refractivity contribution in [3.8, 4) is 0 Å². The molecule has 2 rings (SSSR count). The third kappa shape index (κ3) is 1.43. The molecule has 12 heavy (non-hydrogen) atoms. The molecule has 0 spiro atoms. The van der Waals surface area contributed by atoms with Crippen LogP contribution in [0.4, 0.5) is 0 Å². The Kier molecular flexibility index (Phi) is 2.26. The van der Waals surface area contributed by atoms with Crippen LogP contribution in [0.15, 0.2) is 42.7 Å². The van der Waals surface area contributed by atoms with E-state index in [-0.39, 0.29) is 21.5 Å². The zero-order chi connectivity index (χ0) is 8.39. The van der Waals surface area contributed by atoms with Crippen LogP contribution in [-0.2, 0) is 0 Å². The normalized spacial score (nSPS) is 10.8. The Morgan fingerprint density at radius 3 is 2.58 bits per heavy atom. The van der Waals surface area contributed by atoms with E-state index < -0.39 is 0 Å². The second kappa shape index (κ2) is 3.39. The zero-order valence-corrected chi connectivity index (χ0v) is 9.02. The molecule has 0 unspecified atom stereocenters. The Hall–Kier alpha value is -0.640. The van der Waals surface area contributed by atoms with Crippen LogP contribution in [0.3, 0.4) is 0 Å². The van der Waals surface area contributed by atoms with Gasteiger partial charge in [0.05, 0.1) is 0 Å². The van der Waals surface area contributed by atoms with Gasteiger partial charge in [-0.25, -0.2) is 0 Å². The van der Waals surface area contributed by atoms with E-state index in [4.69, 9.17) is 0 Å². The average Bonchev–Trinajstić information content (AvgIpc) is 2.17. The number of aromatic nitrogens is 1. The van der Waals surface area contributed by atoms with Crippen LogP contribution in [0.5, 0.6) is 0 Å². The van der Waals surface area contributed by atoms with Gasteiger partial charge in [0.2, 0.25) is 0 Å². The fourth-order valence-corrected chi connectivity index (χ4v) is 2.27. The number of fused-ring (bicyclic) bond motifs is 1. The van der Waals surface area contributed by atoms with Crippen molar-refractivity contribution in [3.05, 3.63) is 42.7 Å². The van der Waals surface area contributed by atoms with Crippen molar-refractivity contribution in [1.29, 1.82) is 0 Å². The van der Waals surface area contributed by atoms with Gasteiger partial charge in [-0.15, -0.1) is 0 Å². The van der Waals surface area contributed by atoms with E-state index in [0.29, 0.717) is 0 Å². The maximum atomic E-state index is 2.29. The molecule has 0 amide bonds. The molecule has 0 N–H and O–H groups in total. The molecule has 0 fully saturated rings. The number of halogens is 1. The monoisotopic (exact) mass is 271 g/mol. The molecular formula is C10H10IN. The molecule has 0 saturated carbocycles. The molecule has 0 radical (unpaired) electrons. The number of benzene rings is 1. The molecule has 0 bridgehead atoms. The predicted molar refractivity (Wildman–Crippen MR) is 45.5 cm³/mol. The molecular weight excluding hydrogens is 261 g/mol. The molecule has 1 heterocycles. The fraction of sp³-hybridized carbons (Fsp3) is 0.100. The van der Waals surface area contributed by atoms with Gasteiger partial charge in [0.15, 0.2) is 0 Å². The molecule has 1 aromatic heterocycles. The Balaban J connectivity index is 2.67. The zero-order valence-electron chi connectivity index (χ0n) is 6.87. The second-order valence-electron chi connectivity index (χ2n) is 2.59. The molecule has 0 aliphatic carbocycles. The average molecular weight is 271 g/mol. The summed E-state index contributed by atoms with van der Waals surface area (Å²) in [6, 6.07) is 10.6. The standard InChI is InChI=1S/C10H10IN/c1-11-12-7-6-9-4-2-3-5-10(9)8-12/h2-8H,1H3. The van der Waals surface area contributed by atoms with Crippen LogP contribution >= 0.6 is 0 Å². The van der Waals surface area contributed by atoms with Crippen LogP contribution < -0.4 is 24.3 Å². The van der Waals surface area contributed by atoms with E-state index in [1.807, 2.05) is 0 Å². The molecule has 62 valence electrons. The summed E-state index contributed by atoms with van der Waals surface area (Å²) in [6.45, 7) is 0. The quantitative estimate of drug-likeness (QED) is 0.444. The number of hydrogen-bond acceptors (Lipinski definition) is 0. The third-order valence-corrected chi connectivity index (χ3v) is 3.56. The summed E-state index contributed by atoms with van der Waals surface area (Å²) in [4.78, 5) is 2.26. The fourth-order valence-electron chi connectivity index (χ4n) is 1.21. The molecule has 0 saturated heterocycles. The van der Waals surface area contributed by atoms with Gasteiger partial charge >= 0.3 is 82.7 Å². The SMILES string of the molecule is C[I-][n+]1ccc2ccccc2c1. The van der Waals surface area contributed by atoms with Gasteiger partial charge < -0.3 is 0 Å². The van der Waals surface area contributed by atoms with Gasteiger partial charge in [-0.05, 0) is 0 Å². The van der Waals surface area contributed by atoms with Gasteiger partial charge in [0.1, 0.15) is 0 Å². The van der Waals surface area contributed by atoms with Crippen molar-refractivity contribution in [2.75, 3.05) is 4.93 Å². The van der Waals surface area contributed by atoms with Crippen LogP contribution in [0.1, 0.15) is 0 Å². The van der Waals surface area contributed by atoms with Gasteiger partial charge in [-0.1, -0.05) is 0 Å². The van der Waals surface area contributed by atoms with Crippen molar-refractivity contribution in [2.24, 2.45) is 0 Å². The van der Waals surface area contributed by atoms with E-state index >= 15 is 0 Å². The van der Waals surface area contributed by atoms with Gasteiger partial charge in [0.25, 0.3) is 0 Å². The first-order valence-corrected chi connectivity index (χ1v) is 6.92. The summed E-state index contributed by atoms with van der Waals surface area (Å²) in [5, 5.41) is 2.66. The summed E-state index contributed by atoms with van der Waals surface area (Å²) in [5.74, 6) is 0.